The fraction of sp³-hybridized carbons (Fsp3) is 0.526. The van der Waals surface area contributed by atoms with Gasteiger partial charge in [-0.3, -0.25) is 4.90 Å². The number of nitrogens with zero attached hydrogens (tertiary/aromatic N) is 1. The standard InChI is InChI=1S/C19H27NO5Si/c1-3-19(21)22-11-5-7-17-15-20-9-12-23-26(25-17,24-13-10-20)18-8-4-6-16(2)14-18/h3-4,6,8,14,17H,1,5,7,9-13,15H2,2H3. The molecule has 3 fully saturated rings. The maximum atomic E-state index is 11.2. The number of hydrogen-bond donors (Lipinski definition) is 0. The summed E-state index contributed by atoms with van der Waals surface area (Å²) in [5.41, 5.74) is 1.17. The van der Waals surface area contributed by atoms with Crippen molar-refractivity contribution in [3.8, 4) is 0 Å². The van der Waals surface area contributed by atoms with E-state index in [-0.39, 0.29) is 12.1 Å². The molecule has 0 radical (unpaired) electrons. The maximum absolute atomic E-state index is 11.2. The average molecular weight is 378 g/mol. The molecule has 0 amide bonds. The molecule has 1 unspecified atom stereocenters. The second kappa shape index (κ2) is 8.92. The first-order valence-corrected chi connectivity index (χ1v) is 10.9. The Balaban J connectivity index is 1.72. The maximum Gasteiger partial charge on any atom is 0.537 e. The highest BCUT2D eigenvalue weighted by molar-refractivity contribution is 6.75. The third kappa shape index (κ3) is 4.80. The molecule has 2 bridgehead atoms. The number of ether oxygens (including phenoxy) is 1. The average Bonchev–Trinajstić information content (AvgIpc) is 2.58. The number of carbonyl (C=O) groups is 1. The molecule has 1 aromatic rings. The highest BCUT2D eigenvalue weighted by Crippen LogP contribution is 2.22. The van der Waals surface area contributed by atoms with Crippen LogP contribution in [0.25, 0.3) is 0 Å². The van der Waals surface area contributed by atoms with Crippen LogP contribution in [0.4, 0.5) is 0 Å². The van der Waals surface area contributed by atoms with Gasteiger partial charge in [-0.2, -0.15) is 0 Å². The number of benzene rings is 1. The largest absolute Gasteiger partial charge is 0.537 e. The first kappa shape index (κ1) is 19.3. The number of esters is 1. The van der Waals surface area contributed by atoms with E-state index < -0.39 is 8.80 Å². The lowest BCUT2D eigenvalue weighted by molar-refractivity contribution is -0.138. The Bertz CT molecular complexity index is 628. The van der Waals surface area contributed by atoms with E-state index in [2.05, 4.69) is 30.5 Å². The third-order valence-electron chi connectivity index (χ3n) is 4.64. The van der Waals surface area contributed by atoms with Crippen molar-refractivity contribution >= 4 is 20.0 Å². The van der Waals surface area contributed by atoms with Crippen molar-refractivity contribution in [3.05, 3.63) is 42.5 Å². The van der Waals surface area contributed by atoms with Crippen LogP contribution in [0.2, 0.25) is 0 Å². The van der Waals surface area contributed by atoms with Crippen LogP contribution in [0, 0.1) is 6.92 Å². The zero-order valence-corrected chi connectivity index (χ0v) is 16.3. The molecule has 0 spiro atoms. The molecule has 142 valence electrons. The Morgan fingerprint density at radius 3 is 2.85 bits per heavy atom. The van der Waals surface area contributed by atoms with E-state index in [0.29, 0.717) is 19.8 Å². The molecule has 1 aromatic carbocycles. The van der Waals surface area contributed by atoms with Crippen LogP contribution in [0.3, 0.4) is 0 Å². The SMILES string of the molecule is C=CC(=O)OCCCC1CN2CCO[Si](c3cccc(C)c3)(OCC2)O1. The molecular weight excluding hydrogens is 350 g/mol. The van der Waals surface area contributed by atoms with Crippen LogP contribution in [0.15, 0.2) is 36.9 Å². The van der Waals surface area contributed by atoms with Crippen molar-refractivity contribution in [1.82, 2.24) is 4.90 Å². The lowest BCUT2D eigenvalue weighted by Gasteiger charge is -2.42. The lowest BCUT2D eigenvalue weighted by atomic mass is 10.2. The Labute approximate surface area is 156 Å². The molecule has 26 heavy (non-hydrogen) atoms. The van der Waals surface area contributed by atoms with Gasteiger partial charge in [-0.25, -0.2) is 4.79 Å². The first-order chi connectivity index (χ1) is 12.6. The van der Waals surface area contributed by atoms with Gasteiger partial charge in [0.1, 0.15) is 0 Å². The van der Waals surface area contributed by atoms with E-state index in [1.165, 1.54) is 11.6 Å². The Morgan fingerprint density at radius 1 is 1.38 bits per heavy atom. The topological polar surface area (TPSA) is 57.2 Å². The monoisotopic (exact) mass is 377 g/mol. The van der Waals surface area contributed by atoms with E-state index in [1.807, 2.05) is 12.1 Å². The van der Waals surface area contributed by atoms with Crippen LogP contribution in [-0.4, -0.2) is 65.2 Å². The van der Waals surface area contributed by atoms with Crippen molar-refractivity contribution in [3.63, 3.8) is 0 Å². The smallest absolute Gasteiger partial charge is 0.463 e. The quantitative estimate of drug-likeness (QED) is 0.323. The van der Waals surface area contributed by atoms with Gasteiger partial charge in [-0.15, -0.1) is 0 Å². The first-order valence-electron chi connectivity index (χ1n) is 9.16. The van der Waals surface area contributed by atoms with Crippen molar-refractivity contribution in [1.29, 1.82) is 0 Å². The van der Waals surface area contributed by atoms with Crippen LogP contribution in [-0.2, 0) is 22.8 Å². The molecule has 0 N–H and O–H groups in total. The van der Waals surface area contributed by atoms with Gasteiger partial charge in [-0.05, 0) is 19.8 Å². The summed E-state index contributed by atoms with van der Waals surface area (Å²) in [5, 5.41) is 1.02. The van der Waals surface area contributed by atoms with E-state index >= 15 is 0 Å². The number of carbonyl (C=O) groups excluding carboxylic acids is 1. The summed E-state index contributed by atoms with van der Waals surface area (Å²) in [6.45, 7) is 9.68. The molecule has 3 aliphatic heterocycles. The minimum atomic E-state index is -2.94. The van der Waals surface area contributed by atoms with Crippen LogP contribution >= 0.6 is 0 Å². The van der Waals surface area contributed by atoms with Gasteiger partial charge in [0.2, 0.25) is 0 Å². The summed E-state index contributed by atoms with van der Waals surface area (Å²) in [4.78, 5) is 13.5. The lowest BCUT2D eigenvalue weighted by Crippen LogP contribution is -2.64. The van der Waals surface area contributed by atoms with Crippen LogP contribution in [0.1, 0.15) is 18.4 Å². The minimum absolute atomic E-state index is 0.00906. The predicted octanol–water partition coefficient (Wildman–Crippen LogP) is 1.40. The molecule has 6 nitrogen and oxygen atoms in total. The fourth-order valence-electron chi connectivity index (χ4n) is 3.33. The zero-order chi connectivity index (χ0) is 18.4. The number of hydrogen-bond acceptors (Lipinski definition) is 6. The zero-order valence-electron chi connectivity index (χ0n) is 15.3. The Morgan fingerprint density at radius 2 is 2.15 bits per heavy atom. The predicted molar refractivity (Wildman–Crippen MR) is 100 cm³/mol. The van der Waals surface area contributed by atoms with Crippen molar-refractivity contribution in [2.24, 2.45) is 0 Å². The van der Waals surface area contributed by atoms with Gasteiger partial charge in [0.05, 0.1) is 25.9 Å². The summed E-state index contributed by atoms with van der Waals surface area (Å²) >= 11 is 0. The van der Waals surface area contributed by atoms with E-state index in [0.717, 1.165) is 37.7 Å². The number of aryl methyl sites for hydroxylation is 1. The van der Waals surface area contributed by atoms with E-state index in [1.54, 1.807) is 0 Å². The van der Waals surface area contributed by atoms with Gasteiger partial charge >= 0.3 is 14.8 Å². The Hall–Kier alpha value is -1.51. The molecular formula is C19H27NO5Si. The second-order valence-electron chi connectivity index (χ2n) is 6.68. The second-order valence-corrected chi connectivity index (χ2v) is 9.18. The number of fused-ring (bicyclic) bond motifs is 6. The van der Waals surface area contributed by atoms with Gasteiger partial charge in [0, 0.05) is 30.9 Å². The fourth-order valence-corrected chi connectivity index (χ4v) is 6.07. The summed E-state index contributed by atoms with van der Waals surface area (Å²) in [7, 11) is -2.94. The molecule has 4 rings (SSSR count). The summed E-state index contributed by atoms with van der Waals surface area (Å²) in [5.74, 6) is -0.388. The van der Waals surface area contributed by atoms with Gasteiger partial charge in [0.15, 0.2) is 0 Å². The summed E-state index contributed by atoms with van der Waals surface area (Å²) < 4.78 is 24.1. The number of rotatable bonds is 6. The third-order valence-corrected chi connectivity index (χ3v) is 7.47. The molecule has 3 aliphatic rings. The van der Waals surface area contributed by atoms with Gasteiger partial charge < -0.3 is 18.0 Å². The van der Waals surface area contributed by atoms with Crippen molar-refractivity contribution in [2.75, 3.05) is 39.5 Å². The van der Waals surface area contributed by atoms with E-state index in [4.69, 9.17) is 18.0 Å². The highest BCUT2D eigenvalue weighted by Gasteiger charge is 2.48. The van der Waals surface area contributed by atoms with Crippen molar-refractivity contribution in [2.45, 2.75) is 25.9 Å². The van der Waals surface area contributed by atoms with Crippen LogP contribution in [0.5, 0.6) is 0 Å². The minimum Gasteiger partial charge on any atom is -0.463 e. The summed E-state index contributed by atoms with van der Waals surface area (Å²) in [6, 6.07) is 8.24. The molecule has 0 aliphatic carbocycles. The normalized spacial score (nSPS) is 28.7. The van der Waals surface area contributed by atoms with Gasteiger partial charge in [0.25, 0.3) is 0 Å². The van der Waals surface area contributed by atoms with Crippen molar-refractivity contribution < 1.29 is 22.8 Å². The van der Waals surface area contributed by atoms with E-state index in [9.17, 15) is 4.79 Å². The molecule has 0 aromatic heterocycles. The Kier molecular flexibility index (Phi) is 6.61. The summed E-state index contributed by atoms with van der Waals surface area (Å²) in [6.07, 6.45) is 2.69. The van der Waals surface area contributed by atoms with Crippen LogP contribution < -0.4 is 5.19 Å². The molecule has 1 atom stereocenters. The molecule has 7 heteroatoms. The highest BCUT2D eigenvalue weighted by atomic mass is 28.4. The molecule has 3 heterocycles. The molecule has 0 saturated carbocycles. The van der Waals surface area contributed by atoms with Gasteiger partial charge in [-0.1, -0.05) is 36.4 Å². The molecule has 3 saturated heterocycles.